The van der Waals surface area contributed by atoms with E-state index in [1.807, 2.05) is 30.3 Å². The molecule has 3 rings (SSSR count). The van der Waals surface area contributed by atoms with E-state index in [0.717, 1.165) is 12.7 Å². The fourth-order valence-corrected chi connectivity index (χ4v) is 7.40. The number of methoxy groups -OCH3 is 2. The van der Waals surface area contributed by atoms with Crippen molar-refractivity contribution in [3.8, 4) is 0 Å². The highest BCUT2D eigenvalue weighted by atomic mass is 32.2. The first-order chi connectivity index (χ1) is 17.1. The molecule has 1 amide bonds. The van der Waals surface area contributed by atoms with Gasteiger partial charge in [-0.05, 0) is 31.0 Å². The van der Waals surface area contributed by atoms with E-state index in [-0.39, 0.29) is 24.5 Å². The lowest BCUT2D eigenvalue weighted by molar-refractivity contribution is -0.154. The van der Waals surface area contributed by atoms with Crippen LogP contribution in [-0.4, -0.2) is 68.6 Å². The van der Waals surface area contributed by atoms with Crippen molar-refractivity contribution in [2.45, 2.75) is 60.8 Å². The highest BCUT2D eigenvalue weighted by Gasteiger charge is 2.76. The molecule has 196 valence electrons. The predicted octanol–water partition coefficient (Wildman–Crippen LogP) is 2.29. The fourth-order valence-electron chi connectivity index (χ4n) is 5.01. The third kappa shape index (κ3) is 4.43. The molecule has 1 saturated heterocycles. The maximum absolute atomic E-state index is 14.2. The first-order valence-electron chi connectivity index (χ1n) is 11.8. The van der Waals surface area contributed by atoms with Crippen molar-refractivity contribution in [2.75, 3.05) is 20.8 Å². The van der Waals surface area contributed by atoms with E-state index >= 15 is 0 Å². The summed E-state index contributed by atoms with van der Waals surface area (Å²) in [6.45, 7) is 3.31. The molecular weight excluding hydrogens is 484 g/mol. The van der Waals surface area contributed by atoms with Crippen molar-refractivity contribution < 1.29 is 32.2 Å². The lowest BCUT2D eigenvalue weighted by Crippen LogP contribution is -2.74. The maximum Gasteiger partial charge on any atom is 0.334 e. The molecule has 1 aliphatic heterocycles. The van der Waals surface area contributed by atoms with Crippen molar-refractivity contribution >= 4 is 21.7 Å². The number of benzene rings is 2. The van der Waals surface area contributed by atoms with Gasteiger partial charge in [-0.3, -0.25) is 9.59 Å². The van der Waals surface area contributed by atoms with E-state index in [4.69, 9.17) is 19.9 Å². The van der Waals surface area contributed by atoms with E-state index in [1.165, 1.54) is 24.1 Å². The summed E-state index contributed by atoms with van der Waals surface area (Å²) in [7, 11) is -2.12. The molecule has 2 aromatic rings. The normalized spacial score (nSPS) is 24.9. The van der Waals surface area contributed by atoms with Gasteiger partial charge in [-0.1, -0.05) is 61.9 Å². The third-order valence-corrected chi connectivity index (χ3v) is 9.29. The van der Waals surface area contributed by atoms with Gasteiger partial charge in [0.25, 0.3) is 5.91 Å². The van der Waals surface area contributed by atoms with Crippen LogP contribution in [0.5, 0.6) is 0 Å². The van der Waals surface area contributed by atoms with Crippen LogP contribution in [0.2, 0.25) is 0 Å². The minimum absolute atomic E-state index is 0.00513. The van der Waals surface area contributed by atoms with Gasteiger partial charge < -0.3 is 24.8 Å². The van der Waals surface area contributed by atoms with Crippen LogP contribution in [0.3, 0.4) is 0 Å². The zero-order valence-electron chi connectivity index (χ0n) is 21.0. The van der Waals surface area contributed by atoms with E-state index < -0.39 is 44.3 Å². The fraction of sp³-hybridized carbons (Fsp3) is 0.462. The molecule has 0 aliphatic carbocycles. The Kier molecular flexibility index (Phi) is 8.55. The zero-order valence-corrected chi connectivity index (χ0v) is 21.9. The number of nitrogens with zero attached hydrogens (tertiary/aromatic N) is 1. The summed E-state index contributed by atoms with van der Waals surface area (Å²) in [5, 5.41) is 0. The molecule has 2 N–H and O–H groups in total. The number of carbonyl (C=O) groups excluding carboxylic acids is 2. The average molecular weight is 519 g/mol. The van der Waals surface area contributed by atoms with Gasteiger partial charge in [-0.15, -0.1) is 0 Å². The summed E-state index contributed by atoms with van der Waals surface area (Å²) < 4.78 is 42.5. The van der Waals surface area contributed by atoms with Crippen LogP contribution in [0.25, 0.3) is 0 Å². The van der Waals surface area contributed by atoms with Gasteiger partial charge in [-0.25, -0.2) is 8.42 Å². The minimum Gasteiger partial charge on any atom is -0.468 e. The lowest BCUT2D eigenvalue weighted by Gasteiger charge is -2.45. The number of sulfone groups is 1. The van der Waals surface area contributed by atoms with Crippen molar-refractivity contribution in [2.24, 2.45) is 5.73 Å². The van der Waals surface area contributed by atoms with Crippen molar-refractivity contribution in [3.63, 3.8) is 0 Å². The second kappa shape index (κ2) is 11.1. The number of hydrogen-bond acceptors (Lipinski definition) is 8. The Morgan fingerprint density at radius 2 is 1.67 bits per heavy atom. The Morgan fingerprint density at radius 1 is 1.08 bits per heavy atom. The number of amides is 1. The van der Waals surface area contributed by atoms with Crippen molar-refractivity contribution in [1.29, 1.82) is 0 Å². The number of rotatable bonds is 10. The summed E-state index contributed by atoms with van der Waals surface area (Å²) in [5.74, 6) is -1.62. The Morgan fingerprint density at radius 3 is 2.19 bits per heavy atom. The number of carbonyl (C=O) groups is 2. The van der Waals surface area contributed by atoms with Gasteiger partial charge in [-0.2, -0.15) is 0 Å². The van der Waals surface area contributed by atoms with Crippen molar-refractivity contribution in [1.82, 2.24) is 4.90 Å². The van der Waals surface area contributed by atoms with Crippen LogP contribution in [-0.2, 0) is 40.2 Å². The summed E-state index contributed by atoms with van der Waals surface area (Å²) in [6.07, 6.45) is -1.85. The van der Waals surface area contributed by atoms with Crippen LogP contribution in [0.1, 0.15) is 32.3 Å². The van der Waals surface area contributed by atoms with Crippen LogP contribution < -0.4 is 5.73 Å². The van der Waals surface area contributed by atoms with Crippen LogP contribution in [0, 0.1) is 0 Å². The van der Waals surface area contributed by atoms with Gasteiger partial charge in [0.05, 0.1) is 25.2 Å². The summed E-state index contributed by atoms with van der Waals surface area (Å²) >= 11 is 0. The van der Waals surface area contributed by atoms with Crippen LogP contribution in [0.4, 0.5) is 0 Å². The van der Waals surface area contributed by atoms with E-state index in [0.29, 0.717) is 6.42 Å². The number of ether oxygens (including phenoxy) is 3. The molecule has 36 heavy (non-hydrogen) atoms. The highest BCUT2D eigenvalue weighted by Crippen LogP contribution is 2.48. The first kappa shape index (κ1) is 27.8. The number of likely N-dealkylation sites (tertiary alicyclic amines) is 1. The van der Waals surface area contributed by atoms with Crippen molar-refractivity contribution in [3.05, 3.63) is 66.2 Å². The van der Waals surface area contributed by atoms with Gasteiger partial charge in [0.15, 0.2) is 0 Å². The lowest BCUT2D eigenvalue weighted by atomic mass is 9.86. The molecular formula is C26H34N2O7S. The molecule has 1 heterocycles. The molecule has 10 heteroatoms. The van der Waals surface area contributed by atoms with E-state index in [9.17, 15) is 18.0 Å². The monoisotopic (exact) mass is 518 g/mol. The number of nitrogens with two attached hydrogens (primary N) is 1. The number of hydrogen-bond donors (Lipinski definition) is 1. The topological polar surface area (TPSA) is 125 Å². The molecule has 1 aliphatic rings. The van der Waals surface area contributed by atoms with Gasteiger partial charge in [0.2, 0.25) is 14.6 Å². The zero-order chi connectivity index (χ0) is 26.6. The molecule has 0 radical (unpaired) electrons. The van der Waals surface area contributed by atoms with Gasteiger partial charge in [0.1, 0.15) is 17.9 Å². The Labute approximate surface area is 212 Å². The Bertz CT molecular complexity index is 1160. The van der Waals surface area contributed by atoms with Crippen LogP contribution in [0.15, 0.2) is 65.6 Å². The maximum atomic E-state index is 14.2. The quantitative estimate of drug-likeness (QED) is 0.475. The van der Waals surface area contributed by atoms with E-state index in [1.54, 1.807) is 32.0 Å². The summed E-state index contributed by atoms with van der Waals surface area (Å²) in [6, 6.07) is 16.9. The van der Waals surface area contributed by atoms with Crippen LogP contribution >= 0.6 is 0 Å². The SMILES string of the molecule is CCC[C@@]1(N)N(C(=O)[C@@H](C)OCc2ccccc2)C[C@H](OC)C1(C(=O)OC)S(=O)(=O)c1ccccc1. The standard InChI is InChI=1S/C26H34N2O7S/c1-5-16-25(27)26(24(30)34-4,36(31,32)21-14-10-7-11-15-21)22(33-3)17-28(25)23(29)19(2)35-18-20-12-8-6-9-13-20/h6-15,19,22H,5,16-18,27H2,1-4H3/t19-,22+,25-,26?/m1/s1. The third-order valence-electron chi connectivity index (χ3n) is 6.76. The van der Waals surface area contributed by atoms with Gasteiger partial charge in [0, 0.05) is 7.11 Å². The first-order valence-corrected chi connectivity index (χ1v) is 13.3. The second-order valence-electron chi connectivity index (χ2n) is 8.83. The largest absolute Gasteiger partial charge is 0.468 e. The highest BCUT2D eigenvalue weighted by molar-refractivity contribution is 7.93. The average Bonchev–Trinajstić information content (AvgIpc) is 3.16. The minimum atomic E-state index is -4.51. The molecule has 0 bridgehead atoms. The summed E-state index contributed by atoms with van der Waals surface area (Å²) in [4.78, 5) is 28.3. The number of esters is 1. The summed E-state index contributed by atoms with van der Waals surface area (Å²) in [5.41, 5.74) is 5.80. The predicted molar refractivity (Wildman–Crippen MR) is 133 cm³/mol. The van der Waals surface area contributed by atoms with E-state index in [2.05, 4.69) is 0 Å². The Balaban J connectivity index is 2.11. The molecule has 1 unspecified atom stereocenters. The smallest absolute Gasteiger partial charge is 0.334 e. The van der Waals surface area contributed by atoms with Gasteiger partial charge >= 0.3 is 5.97 Å². The Hall–Kier alpha value is -2.79. The molecule has 9 nitrogen and oxygen atoms in total. The molecule has 0 spiro atoms. The molecule has 0 aromatic heterocycles. The molecule has 4 atom stereocenters. The molecule has 2 aromatic carbocycles. The molecule has 1 fully saturated rings. The molecule has 0 saturated carbocycles. The second-order valence-corrected chi connectivity index (χ2v) is 11.0.